The van der Waals surface area contributed by atoms with Gasteiger partial charge in [0.25, 0.3) is 14.3 Å². The molecule has 1 aliphatic rings. The van der Waals surface area contributed by atoms with Crippen molar-refractivity contribution in [1.29, 1.82) is 0 Å². The van der Waals surface area contributed by atoms with Crippen LogP contribution in [0.5, 0.6) is 0 Å². The molecule has 0 saturated carbocycles. The van der Waals surface area contributed by atoms with Gasteiger partial charge in [-0.15, -0.1) is 5.10 Å². The number of halogens is 1. The second kappa shape index (κ2) is 45.1. The normalized spacial score (nSPS) is 16.4. The molecule has 4 unspecified atom stereocenters. The van der Waals surface area contributed by atoms with Gasteiger partial charge in [0.05, 0.1) is 44.4 Å². The number of aliphatic carboxylic acids is 7. The number of carbonyl (C=O) groups is 14. The molecule has 1 aromatic carbocycles. The third kappa shape index (κ3) is 36.1. The Morgan fingerprint density at radius 2 is 0.874 bits per heavy atom. The number of hydrogen-bond acceptors (Lipinski definition) is 22. The first-order chi connectivity index (χ1) is 51.5. The van der Waals surface area contributed by atoms with E-state index in [0.717, 1.165) is 4.68 Å². The number of hydrogen-bond donors (Lipinski definition) is 18. The lowest BCUT2D eigenvalue weighted by Gasteiger charge is -2.44. The van der Waals surface area contributed by atoms with Crippen LogP contribution in [-0.2, 0) is 77.8 Å². The summed E-state index contributed by atoms with van der Waals surface area (Å²) in [5.41, 5.74) is 0.110. The number of carboxylic acid groups (broad SMARTS) is 7. The molecule has 1 fully saturated rings. The molecule has 111 heavy (non-hydrogen) atoms. The van der Waals surface area contributed by atoms with Gasteiger partial charge in [0.1, 0.15) is 35.9 Å². The number of nitrogens with zero attached hydrogens (tertiary/aromatic N) is 6. The number of carbonyl (C=O) groups excluding carboxylic acids is 7. The number of aromatic nitrogens is 3. The van der Waals surface area contributed by atoms with E-state index in [1.54, 1.807) is 12.1 Å². The van der Waals surface area contributed by atoms with Crippen molar-refractivity contribution in [2.45, 2.75) is 178 Å². The van der Waals surface area contributed by atoms with Crippen LogP contribution in [0.4, 0.5) is 8.90 Å². The minimum absolute atomic E-state index is 0.000111. The molecule has 0 aliphatic carbocycles. The summed E-state index contributed by atoms with van der Waals surface area (Å²) >= 11 is 0. The van der Waals surface area contributed by atoms with E-state index in [0.29, 0.717) is 5.19 Å². The quantitative estimate of drug-likeness (QED) is 0.0185. The highest BCUT2D eigenvalue weighted by atomic mass is 31.2. The minimum atomic E-state index is -4.22. The van der Waals surface area contributed by atoms with Crippen LogP contribution >= 0.6 is 22.1 Å². The molecule has 0 radical (unpaired) electrons. The lowest BCUT2D eigenvalue weighted by molar-refractivity contribution is -0.143. The molecular formula is C65H106FN14O27P3Si. The Balaban J connectivity index is 1.64. The molecule has 18 N–H and O–H groups in total. The van der Waals surface area contributed by atoms with Crippen molar-refractivity contribution in [3.63, 3.8) is 0 Å². The fraction of sp³-hybridized carbons (Fsp3) is 0.662. The van der Waals surface area contributed by atoms with E-state index in [-0.39, 0.29) is 115 Å². The molecule has 624 valence electrons. The Labute approximate surface area is 640 Å². The van der Waals surface area contributed by atoms with E-state index in [1.807, 2.05) is 52.2 Å². The van der Waals surface area contributed by atoms with Crippen molar-refractivity contribution < 1.29 is 135 Å². The molecule has 8 atom stereocenters. The highest BCUT2D eigenvalue weighted by Gasteiger charge is 2.56. The lowest BCUT2D eigenvalue weighted by atomic mass is 10.1. The highest BCUT2D eigenvalue weighted by molar-refractivity contribution is 7.58. The molecule has 46 heteroatoms. The second-order valence-electron chi connectivity index (χ2n) is 29.0. The average molecular weight is 1660 g/mol. The zero-order valence-corrected chi connectivity index (χ0v) is 66.5. The number of amides is 8. The second-order valence-corrected chi connectivity index (χ2v) is 41.2. The summed E-state index contributed by atoms with van der Waals surface area (Å²) in [5, 5.41) is 91.6. The van der Waals surface area contributed by atoms with E-state index in [4.69, 9.17) is 15.3 Å². The van der Waals surface area contributed by atoms with Gasteiger partial charge in [-0.25, -0.2) is 28.7 Å². The maximum absolute atomic E-state index is 17.2. The summed E-state index contributed by atoms with van der Waals surface area (Å²) in [6, 6.07) is -3.33. The van der Waals surface area contributed by atoms with Gasteiger partial charge in [-0.2, -0.15) is 0 Å². The molecule has 3 rings (SSSR count). The van der Waals surface area contributed by atoms with Gasteiger partial charge in [-0.05, 0) is 72.3 Å². The largest absolute Gasteiger partial charge is 0.481 e. The van der Waals surface area contributed by atoms with Crippen LogP contribution < -0.4 is 47.7 Å². The zero-order valence-electron chi connectivity index (χ0n) is 62.8. The van der Waals surface area contributed by atoms with Crippen LogP contribution in [0.15, 0.2) is 30.5 Å². The average Bonchev–Trinajstić information content (AvgIpc) is 0.933. The smallest absolute Gasteiger partial charge is 0.326 e. The van der Waals surface area contributed by atoms with Crippen molar-refractivity contribution in [1.82, 2.24) is 72.2 Å². The first kappa shape index (κ1) is 96.5. The number of unbranched alkanes of at least 4 members (excludes halogenated alkanes) is 1. The van der Waals surface area contributed by atoms with Crippen LogP contribution in [0.2, 0.25) is 10.1 Å². The van der Waals surface area contributed by atoms with Gasteiger partial charge >= 0.3 is 47.8 Å². The number of urea groups is 1. The number of carboxylic acids is 7. The summed E-state index contributed by atoms with van der Waals surface area (Å²) in [4.78, 5) is 209. The Morgan fingerprint density at radius 3 is 1.31 bits per heavy atom. The predicted octanol–water partition coefficient (Wildman–Crippen LogP) is 0.483. The van der Waals surface area contributed by atoms with Crippen molar-refractivity contribution >= 4 is 119 Å². The minimum Gasteiger partial charge on any atom is -0.481 e. The summed E-state index contributed by atoms with van der Waals surface area (Å²) in [6.07, 6.45) is -6.61. The standard InChI is InChI=1S/C65H106FN14O27P3Si/c1-64(2,3)111(66,65(4,5)6)44-14-12-42(13-15-44)57(91)70-37-49(80-38-43(75-76-80)36-69-52(83)22-33-108(102,103)39-77-27-29-78(40-109(104,105)34-23-55(87)88)31-32-79(30-28-77)41-110(106,107)35-24-56(89)90)58(92)72-46(60(95)96)10-7-8-25-67-50(81)19-20-51(82)68-26-9-11-45(59(93)94)71-53(84)18-16-47(61(97)98)73-63(101)74-48(62(99)100)17-21-54(85)86/h12-15,38,45-49H,7-11,16-37,39-41H2,1-6H3,(H,67,81)(H,68,82)(H,69,83)(H,70,91)(H,71,84)(H,72,92)(H,85,86)(H,87,88)(H,89,90)(H,93,94)(H,95,96)(H,97,98)(H,99,100)(H,102,103)(H,104,105)(H,106,107)(H2,73,74,101)/t45-,46-,47+,48+,49?/m1/s1. The molecule has 0 bridgehead atoms. The molecular weight excluding hydrogens is 1550 g/mol. The zero-order chi connectivity index (χ0) is 83.8. The fourth-order valence-corrected chi connectivity index (χ4v) is 21.3. The Bertz CT molecular complexity index is 3670. The van der Waals surface area contributed by atoms with Gasteiger partial charge in [0.2, 0.25) is 51.6 Å². The molecule has 8 amide bonds. The molecule has 2 heterocycles. The number of benzene rings is 1. The van der Waals surface area contributed by atoms with Crippen LogP contribution in [0.1, 0.15) is 154 Å². The third-order valence-corrected chi connectivity index (χ3v) is 28.3. The van der Waals surface area contributed by atoms with Crippen LogP contribution in [0.25, 0.3) is 0 Å². The monoisotopic (exact) mass is 1650 g/mol. The van der Waals surface area contributed by atoms with Gasteiger partial charge in [0, 0.05) is 115 Å². The van der Waals surface area contributed by atoms with E-state index in [2.05, 4.69) is 42.2 Å². The molecule has 1 aromatic heterocycles. The van der Waals surface area contributed by atoms with Gasteiger partial charge < -0.3 is 97.1 Å². The van der Waals surface area contributed by atoms with E-state index in [1.165, 1.54) is 33.0 Å². The van der Waals surface area contributed by atoms with Crippen molar-refractivity contribution in [2.24, 2.45) is 0 Å². The lowest BCUT2D eigenvalue weighted by Crippen LogP contribution is -2.57. The van der Waals surface area contributed by atoms with Crippen molar-refractivity contribution in [3.8, 4) is 0 Å². The van der Waals surface area contributed by atoms with Crippen LogP contribution in [-0.4, -0.2) is 292 Å². The SMILES string of the molecule is CC(C)(C)[Si](F)(c1ccc(C(=O)NCC(C(=O)N[C@H](CCCCNC(=O)CCC(=O)NCCC[C@@H](NC(=O)CC[C@H](NC(=O)N[C@@H](CCC(=O)O)C(=O)O)C(=O)O)C(=O)O)C(=O)O)n2cc(CNC(=O)CCP(=O)(O)CN3CCN(CP(=O)(O)CCC(=O)O)CCN(CP(=O)(O)CCC(=O)O)CC3)nn2)cc1)C(C)(C)C. The number of rotatable bonds is 49. The maximum atomic E-state index is 17.2. The first-order valence-corrected chi connectivity index (χ1v) is 43.6. The molecule has 1 saturated heterocycles. The Kier molecular flexibility index (Phi) is 39.3. The summed E-state index contributed by atoms with van der Waals surface area (Å²) < 4.78 is 58.0. The molecule has 0 spiro atoms. The Hall–Kier alpha value is -8.66. The van der Waals surface area contributed by atoms with E-state index >= 15 is 4.11 Å². The summed E-state index contributed by atoms with van der Waals surface area (Å²) in [5.74, 6) is -14.6. The summed E-state index contributed by atoms with van der Waals surface area (Å²) in [6.45, 7) is 10.1. The summed E-state index contributed by atoms with van der Waals surface area (Å²) in [7, 11) is -16.1. The van der Waals surface area contributed by atoms with Gasteiger partial charge in [-0.1, -0.05) is 58.9 Å². The third-order valence-electron chi connectivity index (χ3n) is 17.8. The van der Waals surface area contributed by atoms with E-state index in [9.17, 15) is 116 Å². The topological polar surface area (TPSA) is 629 Å². The van der Waals surface area contributed by atoms with Crippen molar-refractivity contribution in [2.75, 3.05) is 96.2 Å². The maximum Gasteiger partial charge on any atom is 0.326 e. The number of nitrogens with one attached hydrogen (secondary N) is 8. The molecule has 41 nitrogen and oxygen atoms in total. The van der Waals surface area contributed by atoms with Gasteiger partial charge in [-0.3, -0.25) is 71.5 Å². The van der Waals surface area contributed by atoms with Crippen LogP contribution in [0.3, 0.4) is 0 Å². The van der Waals surface area contributed by atoms with Crippen molar-refractivity contribution in [3.05, 3.63) is 41.7 Å². The van der Waals surface area contributed by atoms with E-state index < -0.39 is 243 Å². The first-order valence-electron chi connectivity index (χ1n) is 35.6. The Morgan fingerprint density at radius 1 is 0.477 bits per heavy atom. The predicted molar refractivity (Wildman–Crippen MR) is 396 cm³/mol. The molecule has 1 aliphatic heterocycles. The van der Waals surface area contributed by atoms with Gasteiger partial charge in [0.15, 0.2) is 0 Å². The van der Waals surface area contributed by atoms with Crippen LogP contribution in [0, 0.1) is 0 Å². The fourth-order valence-electron chi connectivity index (χ4n) is 11.9. The highest BCUT2D eigenvalue weighted by Crippen LogP contribution is 2.51. The molecule has 2 aromatic rings.